The van der Waals surface area contributed by atoms with Gasteiger partial charge in [0, 0.05) is 54.4 Å². The molecule has 0 aliphatic heterocycles. The molecule has 6 heterocycles. The lowest BCUT2D eigenvalue weighted by atomic mass is 10.2. The van der Waals surface area contributed by atoms with Gasteiger partial charge in [0.1, 0.15) is 0 Å². The molecule has 0 unspecified atom stereocenters. The zero-order valence-electron chi connectivity index (χ0n) is 48.6. The van der Waals surface area contributed by atoms with E-state index in [2.05, 4.69) is 133 Å². The Bertz CT molecular complexity index is 3320. The predicted octanol–water partition coefficient (Wildman–Crippen LogP) is 29.3. The summed E-state index contributed by atoms with van der Waals surface area (Å²) in [7, 11) is 0. The minimum absolute atomic E-state index is 0.831. The van der Waals surface area contributed by atoms with E-state index in [9.17, 15) is 0 Å². The van der Waals surface area contributed by atoms with Crippen molar-refractivity contribution in [2.45, 2.75) is 125 Å². The lowest BCUT2D eigenvalue weighted by Gasteiger charge is -1.97. The topological polar surface area (TPSA) is 0 Å². The molecule has 0 aliphatic rings. The van der Waals surface area contributed by atoms with Gasteiger partial charge >= 0.3 is 0 Å². The standard InChI is InChI=1S/6C9H7ClS.6C2H6/c1-6-4-7(10)5-9-8(6)2-3-11-9;1-6-4-7-2-3-11-9(7)5-8(6)10;1-6-4-7-2-3-11-9(7)8(10)5-6;1-6-8(10)3-2-7-4-5-11-9(6)7;1-6-2-3-8-7(9(6)10)4-5-11-8;1-6-2-3-8(10)7-4-5-11-9(6)7;6*1-2/h6*2-5H,1H3;6*1-2H3. The Morgan fingerprint density at radius 1 is 0.282 bits per heavy atom. The highest BCUT2D eigenvalue weighted by molar-refractivity contribution is 7.19. The third-order valence-corrected chi connectivity index (χ3v) is 18.4. The summed E-state index contributed by atoms with van der Waals surface area (Å²) in [5.41, 5.74) is 7.28. The molecule has 0 bridgehead atoms. The first-order valence-electron chi connectivity index (χ1n) is 26.5. The molecule has 12 heteroatoms. The maximum Gasteiger partial charge on any atom is 0.0586 e. The van der Waals surface area contributed by atoms with E-state index in [1.807, 2.05) is 133 Å². The molecular formula is C66H78Cl6S6. The Hall–Kier alpha value is -3.18. The van der Waals surface area contributed by atoms with Gasteiger partial charge < -0.3 is 0 Å². The number of thiophene rings is 6. The molecule has 0 saturated heterocycles. The van der Waals surface area contributed by atoms with Crippen LogP contribution in [0, 0.1) is 41.5 Å². The van der Waals surface area contributed by atoms with E-state index in [0.29, 0.717) is 0 Å². The maximum atomic E-state index is 6.07. The maximum absolute atomic E-state index is 6.07. The molecule has 12 rings (SSSR count). The van der Waals surface area contributed by atoms with E-state index >= 15 is 0 Å². The van der Waals surface area contributed by atoms with Gasteiger partial charge in [-0.2, -0.15) is 0 Å². The van der Waals surface area contributed by atoms with Gasteiger partial charge in [-0.25, -0.2) is 0 Å². The average Bonchev–Trinajstić information content (AvgIpc) is 4.34. The first kappa shape index (κ1) is 72.8. The van der Waals surface area contributed by atoms with Crippen LogP contribution in [0.15, 0.2) is 141 Å². The van der Waals surface area contributed by atoms with Crippen LogP contribution >= 0.6 is 138 Å². The second-order valence-corrected chi connectivity index (χ2v) is 23.3. The summed E-state index contributed by atoms with van der Waals surface area (Å²) in [6.07, 6.45) is 0. The van der Waals surface area contributed by atoms with Gasteiger partial charge in [-0.15, -0.1) is 68.0 Å². The van der Waals surface area contributed by atoms with Crippen molar-refractivity contribution >= 4 is 198 Å². The van der Waals surface area contributed by atoms with Gasteiger partial charge in [0.2, 0.25) is 0 Å². The molecule has 0 atom stereocenters. The van der Waals surface area contributed by atoms with Gasteiger partial charge in [-0.3, -0.25) is 0 Å². The Morgan fingerprint density at radius 3 is 1.44 bits per heavy atom. The van der Waals surface area contributed by atoms with Crippen LogP contribution in [-0.4, -0.2) is 0 Å². The summed E-state index contributed by atoms with van der Waals surface area (Å²) in [4.78, 5) is 0. The minimum Gasteiger partial charge on any atom is -0.144 e. The molecule has 420 valence electrons. The zero-order chi connectivity index (χ0) is 59.1. The van der Waals surface area contributed by atoms with Crippen LogP contribution in [0.5, 0.6) is 0 Å². The van der Waals surface area contributed by atoms with Crippen molar-refractivity contribution < 1.29 is 0 Å². The minimum atomic E-state index is 0.831. The van der Waals surface area contributed by atoms with Gasteiger partial charge in [-0.05, 0) is 214 Å². The van der Waals surface area contributed by atoms with Crippen LogP contribution < -0.4 is 0 Å². The Balaban J connectivity index is 0.000000450. The fourth-order valence-electron chi connectivity index (χ4n) is 6.92. The number of benzene rings is 6. The summed E-state index contributed by atoms with van der Waals surface area (Å²) in [6, 6.07) is 37.1. The number of rotatable bonds is 0. The number of hydrogen-bond acceptors (Lipinski definition) is 6. The smallest absolute Gasteiger partial charge is 0.0586 e. The van der Waals surface area contributed by atoms with Crippen molar-refractivity contribution in [3.05, 3.63) is 205 Å². The van der Waals surface area contributed by atoms with E-state index in [-0.39, 0.29) is 0 Å². The summed E-state index contributed by atoms with van der Waals surface area (Å²) in [5.74, 6) is 0. The normalized spacial score (nSPS) is 9.54. The summed E-state index contributed by atoms with van der Waals surface area (Å²) in [5, 5.41) is 25.1. The van der Waals surface area contributed by atoms with Crippen molar-refractivity contribution in [3.8, 4) is 0 Å². The van der Waals surface area contributed by atoms with E-state index in [1.54, 1.807) is 68.0 Å². The molecule has 0 saturated carbocycles. The number of halogens is 6. The van der Waals surface area contributed by atoms with Crippen LogP contribution in [0.4, 0.5) is 0 Å². The quantitative estimate of drug-likeness (QED) is 0.142. The van der Waals surface area contributed by atoms with Crippen molar-refractivity contribution in [3.63, 3.8) is 0 Å². The lowest BCUT2D eigenvalue weighted by molar-refractivity contribution is 1.50. The van der Waals surface area contributed by atoms with Gasteiger partial charge in [-0.1, -0.05) is 177 Å². The van der Waals surface area contributed by atoms with Crippen LogP contribution in [0.1, 0.15) is 116 Å². The SMILES string of the molecule is CC.CC.CC.CC.CC.CC.Cc1c(Cl)ccc2ccsc12.Cc1cc(Cl)c2sccc2c1.Cc1cc(Cl)cc2sccc12.Cc1cc2ccsc2cc1Cl.Cc1ccc(Cl)c2ccsc12.Cc1ccc2sccc2c1Cl. The highest BCUT2D eigenvalue weighted by Gasteiger charge is 2.05. The second-order valence-electron chi connectivity index (χ2n) is 15.3. The van der Waals surface area contributed by atoms with Crippen LogP contribution in [0.25, 0.3) is 60.5 Å². The fourth-order valence-corrected chi connectivity index (χ4v) is 13.8. The zero-order valence-corrected chi connectivity index (χ0v) is 58.0. The van der Waals surface area contributed by atoms with Crippen molar-refractivity contribution in [1.82, 2.24) is 0 Å². The molecule has 0 nitrogen and oxygen atoms in total. The predicted molar refractivity (Wildman–Crippen MR) is 378 cm³/mol. The average molecular weight is 1280 g/mol. The van der Waals surface area contributed by atoms with Crippen molar-refractivity contribution in [1.29, 1.82) is 0 Å². The van der Waals surface area contributed by atoms with E-state index in [1.165, 1.54) is 82.8 Å². The lowest BCUT2D eigenvalue weighted by Crippen LogP contribution is -1.72. The molecule has 0 radical (unpaired) electrons. The van der Waals surface area contributed by atoms with Crippen LogP contribution in [0.3, 0.4) is 0 Å². The third-order valence-electron chi connectivity index (χ3n) is 10.5. The van der Waals surface area contributed by atoms with Crippen LogP contribution in [0.2, 0.25) is 30.1 Å². The molecule has 0 amide bonds. The molecule has 0 fully saturated rings. The third kappa shape index (κ3) is 21.6. The number of aryl methyl sites for hydroxylation is 6. The molecule has 6 aromatic heterocycles. The summed E-state index contributed by atoms with van der Waals surface area (Å²) in [6.45, 7) is 36.4. The molecule has 78 heavy (non-hydrogen) atoms. The van der Waals surface area contributed by atoms with Gasteiger partial charge in [0.25, 0.3) is 0 Å². The molecule has 0 aliphatic carbocycles. The van der Waals surface area contributed by atoms with E-state index in [0.717, 1.165) is 41.3 Å². The van der Waals surface area contributed by atoms with Crippen molar-refractivity contribution in [2.75, 3.05) is 0 Å². The van der Waals surface area contributed by atoms with E-state index < -0.39 is 0 Å². The van der Waals surface area contributed by atoms with Gasteiger partial charge in [0.15, 0.2) is 0 Å². The first-order chi connectivity index (χ1) is 37.7. The molecule has 0 spiro atoms. The molecule has 12 aromatic rings. The molecule has 6 aromatic carbocycles. The first-order valence-corrected chi connectivity index (χ1v) is 34.0. The Kier molecular flexibility index (Phi) is 37.4. The summed E-state index contributed by atoms with van der Waals surface area (Å²) >= 11 is 46.2. The Morgan fingerprint density at radius 2 is 0.782 bits per heavy atom. The van der Waals surface area contributed by atoms with E-state index in [4.69, 9.17) is 69.6 Å². The second kappa shape index (κ2) is 40.1. The summed E-state index contributed by atoms with van der Waals surface area (Å²) < 4.78 is 7.60. The highest BCUT2D eigenvalue weighted by atomic mass is 35.5. The van der Waals surface area contributed by atoms with Crippen LogP contribution in [-0.2, 0) is 0 Å². The molecular weight excluding hydrogens is 1200 g/mol. The largest absolute Gasteiger partial charge is 0.144 e. The molecule has 0 N–H and O–H groups in total. The van der Waals surface area contributed by atoms with Crippen molar-refractivity contribution in [2.24, 2.45) is 0 Å². The monoisotopic (exact) mass is 1270 g/mol. The number of hydrogen-bond donors (Lipinski definition) is 0. The number of fused-ring (bicyclic) bond motifs is 6. The Labute approximate surface area is 522 Å². The highest BCUT2D eigenvalue weighted by Crippen LogP contribution is 2.34. The fraction of sp³-hybridized carbons (Fsp3) is 0.273. The van der Waals surface area contributed by atoms with Gasteiger partial charge in [0.05, 0.1) is 14.7 Å².